The van der Waals surface area contributed by atoms with Crippen molar-refractivity contribution in [1.82, 2.24) is 4.90 Å². The Bertz CT molecular complexity index is 1110. The fourth-order valence-corrected chi connectivity index (χ4v) is 5.52. The fourth-order valence-electron chi connectivity index (χ4n) is 5.52. The molecule has 4 atom stereocenters. The zero-order valence-electron chi connectivity index (χ0n) is 18.2. The SMILES string of the molecule is COCCCN1C(=O)[C@@H]2[C@@H](C1=O)[C@H](C(=O)c1ccccc1)N1c3ccccc3C(C)=C[C@H]21. The number of para-hydroxylation sites is 1. The van der Waals surface area contributed by atoms with Gasteiger partial charge >= 0.3 is 0 Å². The number of fused-ring (bicyclic) bond motifs is 5. The Morgan fingerprint density at radius 3 is 2.41 bits per heavy atom. The Morgan fingerprint density at radius 1 is 0.969 bits per heavy atom. The normalized spacial score (nSPS) is 26.0. The maximum atomic E-state index is 13.8. The first-order chi connectivity index (χ1) is 15.5. The minimum atomic E-state index is -0.721. The van der Waals surface area contributed by atoms with Gasteiger partial charge in [0, 0.05) is 37.1 Å². The third kappa shape index (κ3) is 3.01. The second kappa shape index (κ2) is 8.02. The summed E-state index contributed by atoms with van der Waals surface area (Å²) < 4.78 is 5.10. The molecule has 0 spiro atoms. The molecule has 2 aromatic rings. The molecule has 3 aliphatic heterocycles. The lowest BCUT2D eigenvalue weighted by molar-refractivity contribution is -0.140. The maximum absolute atomic E-state index is 13.8. The molecule has 0 unspecified atom stereocenters. The molecule has 0 aromatic heterocycles. The number of ether oxygens (including phenoxy) is 1. The summed E-state index contributed by atoms with van der Waals surface area (Å²) in [5, 5.41) is 0. The van der Waals surface area contributed by atoms with Crippen molar-refractivity contribution in [2.24, 2.45) is 11.8 Å². The lowest BCUT2D eigenvalue weighted by Gasteiger charge is -2.38. The van der Waals surface area contributed by atoms with Crippen molar-refractivity contribution in [1.29, 1.82) is 0 Å². The van der Waals surface area contributed by atoms with E-state index < -0.39 is 17.9 Å². The van der Waals surface area contributed by atoms with Crippen molar-refractivity contribution in [3.8, 4) is 0 Å². The quantitative estimate of drug-likeness (QED) is 0.400. The van der Waals surface area contributed by atoms with Crippen LogP contribution in [0.3, 0.4) is 0 Å². The number of amides is 2. The third-order valence-corrected chi connectivity index (χ3v) is 6.90. The highest BCUT2D eigenvalue weighted by atomic mass is 16.5. The number of benzene rings is 2. The summed E-state index contributed by atoms with van der Waals surface area (Å²) in [6, 6.07) is 15.9. The molecule has 2 fully saturated rings. The average molecular weight is 431 g/mol. The minimum absolute atomic E-state index is 0.120. The number of likely N-dealkylation sites (tertiary alicyclic amines) is 1. The summed E-state index contributed by atoms with van der Waals surface area (Å²) in [6.45, 7) is 2.81. The summed E-state index contributed by atoms with van der Waals surface area (Å²) in [7, 11) is 1.60. The van der Waals surface area contributed by atoms with Crippen LogP contribution in [0.15, 0.2) is 60.7 Å². The Labute approximate surface area is 187 Å². The molecule has 3 aliphatic rings. The van der Waals surface area contributed by atoms with Crippen molar-refractivity contribution < 1.29 is 19.1 Å². The van der Waals surface area contributed by atoms with Crippen molar-refractivity contribution >= 4 is 28.9 Å². The van der Waals surface area contributed by atoms with Gasteiger partial charge in [0.25, 0.3) is 0 Å². The zero-order chi connectivity index (χ0) is 22.4. The van der Waals surface area contributed by atoms with Crippen LogP contribution in [-0.2, 0) is 14.3 Å². The van der Waals surface area contributed by atoms with Crippen LogP contribution in [0, 0.1) is 11.8 Å². The van der Waals surface area contributed by atoms with Gasteiger partial charge in [-0.1, -0.05) is 54.6 Å². The van der Waals surface area contributed by atoms with E-state index in [1.165, 1.54) is 4.90 Å². The molecule has 6 nitrogen and oxygen atoms in total. The van der Waals surface area contributed by atoms with E-state index >= 15 is 0 Å². The van der Waals surface area contributed by atoms with Gasteiger partial charge in [-0.3, -0.25) is 19.3 Å². The number of imide groups is 1. The number of carbonyl (C=O) groups is 3. The smallest absolute Gasteiger partial charge is 0.235 e. The van der Waals surface area contributed by atoms with Crippen LogP contribution < -0.4 is 4.90 Å². The molecule has 164 valence electrons. The number of hydrogen-bond donors (Lipinski definition) is 0. The number of rotatable bonds is 6. The Balaban J connectivity index is 1.61. The van der Waals surface area contributed by atoms with Crippen molar-refractivity contribution in [2.45, 2.75) is 25.4 Å². The van der Waals surface area contributed by atoms with Gasteiger partial charge in [-0.2, -0.15) is 0 Å². The van der Waals surface area contributed by atoms with Crippen LogP contribution >= 0.6 is 0 Å². The van der Waals surface area contributed by atoms with Gasteiger partial charge in [0.2, 0.25) is 11.8 Å². The van der Waals surface area contributed by atoms with Crippen LogP contribution in [0.2, 0.25) is 0 Å². The molecule has 32 heavy (non-hydrogen) atoms. The van der Waals surface area contributed by atoms with E-state index in [-0.39, 0.29) is 23.6 Å². The predicted molar refractivity (Wildman–Crippen MR) is 121 cm³/mol. The number of ketones is 1. The molecule has 5 rings (SSSR count). The zero-order valence-corrected chi connectivity index (χ0v) is 18.2. The van der Waals surface area contributed by atoms with Crippen LogP contribution in [0.1, 0.15) is 29.3 Å². The molecule has 2 aromatic carbocycles. The number of nitrogens with zero attached hydrogens (tertiary/aromatic N) is 2. The molecular formula is C26H26N2O4. The van der Waals surface area contributed by atoms with Crippen molar-refractivity contribution in [2.75, 3.05) is 25.2 Å². The second-order valence-electron chi connectivity index (χ2n) is 8.67. The molecule has 3 heterocycles. The van der Waals surface area contributed by atoms with E-state index in [4.69, 9.17) is 4.74 Å². The topological polar surface area (TPSA) is 66.9 Å². The van der Waals surface area contributed by atoms with Gasteiger partial charge in [0.05, 0.1) is 17.9 Å². The number of allylic oxidation sites excluding steroid dienone is 1. The molecule has 2 amide bonds. The second-order valence-corrected chi connectivity index (χ2v) is 8.67. The van der Waals surface area contributed by atoms with E-state index in [2.05, 4.69) is 6.08 Å². The van der Waals surface area contributed by atoms with Gasteiger partial charge in [-0.25, -0.2) is 0 Å². The number of hydrogen-bond acceptors (Lipinski definition) is 5. The predicted octanol–water partition coefficient (Wildman–Crippen LogP) is 3.18. The monoisotopic (exact) mass is 430 g/mol. The molecule has 0 saturated carbocycles. The van der Waals surface area contributed by atoms with Crippen LogP contribution in [0.25, 0.3) is 5.57 Å². The number of carbonyl (C=O) groups excluding carboxylic acids is 3. The van der Waals surface area contributed by atoms with Crippen molar-refractivity contribution in [3.63, 3.8) is 0 Å². The summed E-state index contributed by atoms with van der Waals surface area (Å²) in [5.41, 5.74) is 3.56. The summed E-state index contributed by atoms with van der Waals surface area (Å²) in [6.07, 6.45) is 2.64. The number of anilines is 1. The Kier molecular flexibility index (Phi) is 5.18. The molecular weight excluding hydrogens is 404 g/mol. The van der Waals surface area contributed by atoms with E-state index in [0.717, 1.165) is 16.8 Å². The van der Waals surface area contributed by atoms with E-state index in [1.807, 2.05) is 54.3 Å². The first kappa shape index (κ1) is 20.6. The van der Waals surface area contributed by atoms with Crippen molar-refractivity contribution in [3.05, 3.63) is 71.8 Å². The first-order valence-corrected chi connectivity index (χ1v) is 11.0. The molecule has 2 saturated heterocycles. The van der Waals surface area contributed by atoms with Gasteiger partial charge in [0.15, 0.2) is 5.78 Å². The Morgan fingerprint density at radius 2 is 1.66 bits per heavy atom. The number of methoxy groups -OCH3 is 1. The lowest BCUT2D eigenvalue weighted by atomic mass is 9.85. The average Bonchev–Trinajstić information content (AvgIpc) is 3.28. The van der Waals surface area contributed by atoms with E-state index in [0.29, 0.717) is 25.1 Å². The van der Waals surface area contributed by atoms with E-state index in [9.17, 15) is 14.4 Å². The van der Waals surface area contributed by atoms with Gasteiger partial charge < -0.3 is 9.64 Å². The minimum Gasteiger partial charge on any atom is -0.385 e. The third-order valence-electron chi connectivity index (χ3n) is 6.90. The first-order valence-electron chi connectivity index (χ1n) is 11.0. The van der Waals surface area contributed by atoms with Gasteiger partial charge in [-0.15, -0.1) is 0 Å². The molecule has 0 bridgehead atoms. The highest BCUT2D eigenvalue weighted by molar-refractivity contribution is 6.14. The summed E-state index contributed by atoms with van der Waals surface area (Å²) >= 11 is 0. The molecule has 6 heteroatoms. The maximum Gasteiger partial charge on any atom is 0.235 e. The van der Waals surface area contributed by atoms with Gasteiger partial charge in [-0.05, 0) is 25.0 Å². The standard InChI is InChI=1S/C26H26N2O4/c1-16-15-20-21-22(26(31)27(25(21)30)13-8-14-32-2)23(24(29)17-9-4-3-5-10-17)28(20)19-12-7-6-11-18(16)19/h3-7,9-12,15,20-23H,8,13-14H2,1-2H3/t20-,21+,22-,23-/m1/s1. The summed E-state index contributed by atoms with van der Waals surface area (Å²) in [4.78, 5) is 44.2. The van der Waals surface area contributed by atoms with Crippen LogP contribution in [-0.4, -0.2) is 54.8 Å². The highest BCUT2D eigenvalue weighted by Crippen LogP contribution is 2.50. The van der Waals surface area contributed by atoms with E-state index in [1.54, 1.807) is 19.2 Å². The lowest BCUT2D eigenvalue weighted by Crippen LogP contribution is -2.49. The Hall–Kier alpha value is -3.25. The number of Topliss-reactive ketones (excluding diaryl/α,β-unsaturated/α-hetero) is 1. The molecule has 0 aliphatic carbocycles. The molecule has 0 N–H and O–H groups in total. The highest BCUT2D eigenvalue weighted by Gasteiger charge is 2.64. The summed E-state index contributed by atoms with van der Waals surface area (Å²) in [5.74, 6) is -1.81. The largest absolute Gasteiger partial charge is 0.385 e. The van der Waals surface area contributed by atoms with Crippen LogP contribution in [0.5, 0.6) is 0 Å². The fraction of sp³-hybridized carbons (Fsp3) is 0.346. The van der Waals surface area contributed by atoms with Crippen LogP contribution in [0.4, 0.5) is 5.69 Å². The molecule has 0 radical (unpaired) electrons. The van der Waals surface area contributed by atoms with Gasteiger partial charge in [0.1, 0.15) is 6.04 Å².